The van der Waals surface area contributed by atoms with E-state index in [0.717, 1.165) is 6.54 Å². The molecule has 2 N–H and O–H groups in total. The van der Waals surface area contributed by atoms with Gasteiger partial charge in [-0.25, -0.2) is 4.98 Å². The van der Waals surface area contributed by atoms with E-state index in [1.165, 1.54) is 0 Å². The quantitative estimate of drug-likeness (QED) is 0.878. The molecule has 0 aromatic carbocycles. The van der Waals surface area contributed by atoms with E-state index in [-0.39, 0.29) is 11.9 Å². The summed E-state index contributed by atoms with van der Waals surface area (Å²) in [6.07, 6.45) is 5.07. The zero-order valence-corrected chi connectivity index (χ0v) is 11.9. The van der Waals surface area contributed by atoms with Gasteiger partial charge in [0, 0.05) is 30.5 Å². The molecule has 0 aliphatic carbocycles. The van der Waals surface area contributed by atoms with E-state index >= 15 is 0 Å². The molecule has 2 rings (SSSR count). The van der Waals surface area contributed by atoms with E-state index in [0.29, 0.717) is 17.1 Å². The average molecular weight is 273 g/mol. The van der Waals surface area contributed by atoms with Crippen molar-refractivity contribution in [1.29, 1.82) is 0 Å². The third kappa shape index (κ3) is 3.34. The highest BCUT2D eigenvalue weighted by Gasteiger charge is 2.09. The standard InChI is InChI=1S/C14H19N5O/c1-4-15-13-7-11(5-6-16-13)14(20)18-12-8-17-19(9-12)10(2)3/h5-10H,4H2,1-3H3,(H,15,16)(H,18,20). The molecule has 0 saturated carbocycles. The number of carbonyl (C=O) groups excluding carboxylic acids is 1. The molecule has 0 aliphatic rings. The summed E-state index contributed by atoms with van der Waals surface area (Å²) in [5.74, 6) is 0.521. The lowest BCUT2D eigenvalue weighted by Crippen LogP contribution is -2.12. The van der Waals surface area contributed by atoms with E-state index in [9.17, 15) is 4.79 Å². The monoisotopic (exact) mass is 273 g/mol. The van der Waals surface area contributed by atoms with Crippen LogP contribution >= 0.6 is 0 Å². The maximum absolute atomic E-state index is 12.1. The predicted molar refractivity (Wildman–Crippen MR) is 79.0 cm³/mol. The van der Waals surface area contributed by atoms with Gasteiger partial charge >= 0.3 is 0 Å². The van der Waals surface area contributed by atoms with Gasteiger partial charge in [0.25, 0.3) is 5.91 Å². The van der Waals surface area contributed by atoms with Crippen molar-refractivity contribution >= 4 is 17.4 Å². The molecule has 0 spiro atoms. The molecule has 6 heteroatoms. The van der Waals surface area contributed by atoms with Gasteiger partial charge < -0.3 is 10.6 Å². The van der Waals surface area contributed by atoms with E-state index in [1.807, 2.05) is 27.0 Å². The molecule has 1 amide bonds. The number of rotatable bonds is 5. The van der Waals surface area contributed by atoms with Gasteiger partial charge in [0.1, 0.15) is 5.82 Å². The first-order valence-electron chi connectivity index (χ1n) is 6.65. The highest BCUT2D eigenvalue weighted by atomic mass is 16.1. The topological polar surface area (TPSA) is 71.8 Å². The summed E-state index contributed by atoms with van der Waals surface area (Å²) >= 11 is 0. The van der Waals surface area contributed by atoms with Gasteiger partial charge in [0.15, 0.2) is 0 Å². The summed E-state index contributed by atoms with van der Waals surface area (Å²) in [6.45, 7) is 6.81. The highest BCUT2D eigenvalue weighted by Crippen LogP contribution is 2.13. The Morgan fingerprint density at radius 1 is 1.45 bits per heavy atom. The SMILES string of the molecule is CCNc1cc(C(=O)Nc2cnn(C(C)C)c2)ccn1. The molecule has 0 aliphatic heterocycles. The average Bonchev–Trinajstić information content (AvgIpc) is 2.88. The maximum Gasteiger partial charge on any atom is 0.255 e. The van der Waals surface area contributed by atoms with Gasteiger partial charge in [-0.3, -0.25) is 9.48 Å². The molecule has 106 valence electrons. The number of aromatic nitrogens is 3. The molecule has 0 radical (unpaired) electrons. The van der Waals surface area contributed by atoms with Crippen LogP contribution in [-0.2, 0) is 0 Å². The van der Waals surface area contributed by atoms with Gasteiger partial charge in [0.05, 0.1) is 11.9 Å². The number of nitrogens with zero attached hydrogens (tertiary/aromatic N) is 3. The van der Waals surface area contributed by atoms with Crippen LogP contribution in [-0.4, -0.2) is 27.2 Å². The second kappa shape index (κ2) is 6.18. The van der Waals surface area contributed by atoms with Crippen LogP contribution in [0.3, 0.4) is 0 Å². The van der Waals surface area contributed by atoms with Crippen LogP contribution in [0.2, 0.25) is 0 Å². The Morgan fingerprint density at radius 2 is 2.25 bits per heavy atom. The van der Waals surface area contributed by atoms with Crippen LogP contribution in [0.4, 0.5) is 11.5 Å². The highest BCUT2D eigenvalue weighted by molar-refractivity contribution is 6.04. The maximum atomic E-state index is 12.1. The third-order valence-electron chi connectivity index (χ3n) is 2.77. The molecule has 6 nitrogen and oxygen atoms in total. The number of carbonyl (C=O) groups is 1. The van der Waals surface area contributed by atoms with Crippen LogP contribution < -0.4 is 10.6 Å². The second-order valence-electron chi connectivity index (χ2n) is 4.72. The summed E-state index contributed by atoms with van der Waals surface area (Å²) in [7, 11) is 0. The first kappa shape index (κ1) is 14.0. The van der Waals surface area contributed by atoms with Crippen molar-refractivity contribution < 1.29 is 4.79 Å². The van der Waals surface area contributed by atoms with E-state index in [2.05, 4.69) is 20.7 Å². The molecule has 0 saturated heterocycles. The first-order valence-corrected chi connectivity index (χ1v) is 6.65. The van der Waals surface area contributed by atoms with Crippen molar-refractivity contribution in [3.63, 3.8) is 0 Å². The Hall–Kier alpha value is -2.37. The molecule has 2 heterocycles. The molecule has 0 unspecified atom stereocenters. The molecule has 2 aromatic rings. The van der Waals surface area contributed by atoms with E-state index < -0.39 is 0 Å². The normalized spacial score (nSPS) is 10.6. The van der Waals surface area contributed by atoms with Crippen molar-refractivity contribution in [2.24, 2.45) is 0 Å². The van der Waals surface area contributed by atoms with Crippen LogP contribution in [0.5, 0.6) is 0 Å². The molecular formula is C14H19N5O. The number of hydrogen-bond acceptors (Lipinski definition) is 4. The minimum absolute atomic E-state index is 0.171. The van der Waals surface area contributed by atoms with Gasteiger partial charge in [-0.15, -0.1) is 0 Å². The molecule has 2 aromatic heterocycles. The lowest BCUT2D eigenvalue weighted by molar-refractivity contribution is 0.102. The summed E-state index contributed by atoms with van der Waals surface area (Å²) < 4.78 is 1.80. The lowest BCUT2D eigenvalue weighted by Gasteiger charge is -2.06. The number of amides is 1. The van der Waals surface area contributed by atoms with Gasteiger partial charge in [-0.1, -0.05) is 0 Å². The minimum atomic E-state index is -0.171. The third-order valence-corrected chi connectivity index (χ3v) is 2.77. The number of hydrogen-bond donors (Lipinski definition) is 2. The largest absolute Gasteiger partial charge is 0.370 e. The van der Waals surface area contributed by atoms with E-state index in [4.69, 9.17) is 0 Å². The number of anilines is 2. The Morgan fingerprint density at radius 3 is 2.90 bits per heavy atom. The van der Waals surface area contributed by atoms with Crippen molar-refractivity contribution in [2.45, 2.75) is 26.8 Å². The smallest absolute Gasteiger partial charge is 0.255 e. The van der Waals surface area contributed by atoms with Gasteiger partial charge in [-0.2, -0.15) is 5.10 Å². The van der Waals surface area contributed by atoms with Crippen LogP contribution in [0.1, 0.15) is 37.2 Å². The Balaban J connectivity index is 2.09. The fourth-order valence-electron chi connectivity index (χ4n) is 1.74. The lowest BCUT2D eigenvalue weighted by atomic mass is 10.2. The molecular weight excluding hydrogens is 254 g/mol. The molecule has 0 bridgehead atoms. The van der Waals surface area contributed by atoms with Crippen LogP contribution in [0, 0.1) is 0 Å². The van der Waals surface area contributed by atoms with Crippen molar-refractivity contribution in [3.8, 4) is 0 Å². The van der Waals surface area contributed by atoms with Crippen molar-refractivity contribution in [1.82, 2.24) is 14.8 Å². The zero-order valence-electron chi connectivity index (χ0n) is 11.9. The number of pyridine rings is 1. The van der Waals surface area contributed by atoms with Crippen molar-refractivity contribution in [2.75, 3.05) is 17.2 Å². The van der Waals surface area contributed by atoms with Gasteiger partial charge in [-0.05, 0) is 32.9 Å². The predicted octanol–water partition coefficient (Wildman–Crippen LogP) is 2.54. The zero-order chi connectivity index (χ0) is 14.5. The Labute approximate surface area is 118 Å². The Kier molecular flexibility index (Phi) is 4.34. The summed E-state index contributed by atoms with van der Waals surface area (Å²) in [6, 6.07) is 3.68. The molecule has 0 atom stereocenters. The molecule has 20 heavy (non-hydrogen) atoms. The first-order chi connectivity index (χ1) is 9.60. The number of nitrogens with one attached hydrogen (secondary N) is 2. The fourth-order valence-corrected chi connectivity index (χ4v) is 1.74. The Bertz CT molecular complexity index is 591. The van der Waals surface area contributed by atoms with Gasteiger partial charge in [0.2, 0.25) is 0 Å². The van der Waals surface area contributed by atoms with Crippen LogP contribution in [0.25, 0.3) is 0 Å². The summed E-state index contributed by atoms with van der Waals surface area (Å²) in [5, 5.41) is 10.1. The molecule has 0 fully saturated rings. The van der Waals surface area contributed by atoms with E-state index in [1.54, 1.807) is 29.2 Å². The van der Waals surface area contributed by atoms with Crippen LogP contribution in [0.15, 0.2) is 30.7 Å². The minimum Gasteiger partial charge on any atom is -0.370 e. The fraction of sp³-hybridized carbons (Fsp3) is 0.357. The summed E-state index contributed by atoms with van der Waals surface area (Å²) in [5.41, 5.74) is 1.25. The summed E-state index contributed by atoms with van der Waals surface area (Å²) in [4.78, 5) is 16.3. The second-order valence-corrected chi connectivity index (χ2v) is 4.72. The van der Waals surface area contributed by atoms with Crippen molar-refractivity contribution in [3.05, 3.63) is 36.3 Å².